The normalized spacial score (nSPS) is 13.9. The second-order valence-corrected chi connectivity index (χ2v) is 8.86. The molecular formula is C29H26N2O5. The number of ether oxygens (including phenoxy) is 4. The maximum atomic E-state index is 12.4. The van der Waals surface area contributed by atoms with E-state index in [1.54, 1.807) is 7.11 Å². The molecule has 0 amide bonds. The number of pyridine rings is 1. The Morgan fingerprint density at radius 1 is 1.06 bits per heavy atom. The summed E-state index contributed by atoms with van der Waals surface area (Å²) in [5, 5.41) is 14.3. The first-order chi connectivity index (χ1) is 17.7. The first-order valence-corrected chi connectivity index (χ1v) is 12.0. The van der Waals surface area contributed by atoms with Gasteiger partial charge < -0.3 is 29.0 Å². The van der Waals surface area contributed by atoms with E-state index in [1.165, 1.54) is 5.56 Å². The smallest absolute Gasteiger partial charge is 0.231 e. The van der Waals surface area contributed by atoms with Crippen LogP contribution in [0.2, 0.25) is 0 Å². The van der Waals surface area contributed by atoms with Crippen molar-refractivity contribution in [1.82, 2.24) is 0 Å². The van der Waals surface area contributed by atoms with Crippen molar-refractivity contribution < 1.29 is 28.6 Å². The highest BCUT2D eigenvalue weighted by atomic mass is 16.7. The Labute approximate surface area is 209 Å². The number of benzene rings is 3. The van der Waals surface area contributed by atoms with E-state index in [4.69, 9.17) is 18.9 Å². The van der Waals surface area contributed by atoms with E-state index in [0.29, 0.717) is 18.0 Å². The Bertz CT molecular complexity index is 1470. The maximum absolute atomic E-state index is 12.4. The predicted molar refractivity (Wildman–Crippen MR) is 134 cm³/mol. The summed E-state index contributed by atoms with van der Waals surface area (Å²) in [7, 11) is 1.60. The standard InChI is InChI=1S/C29H26N2O5/c1-33-25-8-7-20-13-24-22-15-27-26(35-18-36-27)14-21(22)10-12-31(24)16-23(20)29(25)34-17-28(32)30-11-9-19-5-3-2-4-6-19/h2-8,13-16H,9-12,17-18H2,1H3. The fourth-order valence-corrected chi connectivity index (χ4v) is 4.84. The van der Waals surface area contributed by atoms with Gasteiger partial charge in [0.15, 0.2) is 35.7 Å². The number of fused-ring (bicyclic) bond motifs is 5. The third-order valence-corrected chi connectivity index (χ3v) is 6.67. The lowest BCUT2D eigenvalue weighted by Gasteiger charge is -2.19. The topological polar surface area (TPSA) is 76.2 Å². The van der Waals surface area contributed by atoms with E-state index in [-0.39, 0.29) is 19.3 Å². The average molecular weight is 483 g/mol. The number of aryl methyl sites for hydroxylation is 2. The minimum absolute atomic E-state index is 0.141. The van der Waals surface area contributed by atoms with Gasteiger partial charge in [-0.3, -0.25) is 0 Å². The molecule has 182 valence electrons. The van der Waals surface area contributed by atoms with E-state index in [2.05, 4.69) is 34.0 Å². The van der Waals surface area contributed by atoms with Crippen LogP contribution >= 0.6 is 0 Å². The predicted octanol–water partition coefficient (Wildman–Crippen LogP) is 3.47. The number of aromatic nitrogens is 1. The second-order valence-electron chi connectivity index (χ2n) is 8.86. The van der Waals surface area contributed by atoms with Crippen molar-refractivity contribution in [3.63, 3.8) is 0 Å². The molecule has 0 saturated carbocycles. The molecule has 7 nitrogen and oxygen atoms in total. The molecule has 1 aromatic heterocycles. The molecule has 6 rings (SSSR count). The van der Waals surface area contributed by atoms with Gasteiger partial charge in [0, 0.05) is 19.0 Å². The second kappa shape index (κ2) is 9.41. The van der Waals surface area contributed by atoms with Crippen molar-refractivity contribution in [1.29, 1.82) is 0 Å². The minimum atomic E-state index is -0.291. The zero-order valence-corrected chi connectivity index (χ0v) is 20.0. The molecule has 0 fully saturated rings. The van der Waals surface area contributed by atoms with Gasteiger partial charge in [0.2, 0.25) is 12.5 Å². The Kier molecular flexibility index (Phi) is 5.81. The fourth-order valence-electron chi connectivity index (χ4n) is 4.84. The summed E-state index contributed by atoms with van der Waals surface area (Å²) in [6.07, 6.45) is 3.68. The molecule has 0 radical (unpaired) electrons. The Morgan fingerprint density at radius 3 is 2.72 bits per heavy atom. The summed E-state index contributed by atoms with van der Waals surface area (Å²) in [4.78, 5) is 4.16. The summed E-state index contributed by atoms with van der Waals surface area (Å²) < 4.78 is 25.0. The van der Waals surface area contributed by atoms with E-state index >= 15 is 0 Å². The summed E-state index contributed by atoms with van der Waals surface area (Å²) in [6.45, 7) is 1.37. The van der Waals surface area contributed by atoms with Gasteiger partial charge in [0.1, 0.15) is 6.61 Å². The van der Waals surface area contributed by atoms with E-state index in [1.807, 2.05) is 42.5 Å². The van der Waals surface area contributed by atoms with Gasteiger partial charge in [-0.2, -0.15) is 4.57 Å². The Hall–Kier alpha value is -4.26. The van der Waals surface area contributed by atoms with Crippen molar-refractivity contribution in [3.8, 4) is 34.3 Å². The van der Waals surface area contributed by atoms with Crippen LogP contribution in [-0.4, -0.2) is 33.0 Å². The highest BCUT2D eigenvalue weighted by molar-refractivity contribution is 5.92. The highest BCUT2D eigenvalue weighted by Crippen LogP contribution is 2.41. The van der Waals surface area contributed by atoms with Gasteiger partial charge in [-0.1, -0.05) is 30.3 Å². The van der Waals surface area contributed by atoms with Crippen LogP contribution in [0, 0.1) is 0 Å². The van der Waals surface area contributed by atoms with Crippen LogP contribution in [0.3, 0.4) is 0 Å². The lowest BCUT2D eigenvalue weighted by atomic mass is 9.95. The van der Waals surface area contributed by atoms with Crippen molar-refractivity contribution in [2.24, 2.45) is 4.99 Å². The monoisotopic (exact) mass is 482 g/mol. The zero-order chi connectivity index (χ0) is 24.5. The third kappa shape index (κ3) is 4.17. The maximum Gasteiger partial charge on any atom is 0.231 e. The van der Waals surface area contributed by atoms with Gasteiger partial charge in [-0.25, -0.2) is 0 Å². The number of hydrogen-bond acceptors (Lipinski definition) is 6. The Balaban J connectivity index is 1.28. The Morgan fingerprint density at radius 2 is 1.89 bits per heavy atom. The lowest BCUT2D eigenvalue weighted by molar-refractivity contribution is -0.686. The van der Waals surface area contributed by atoms with Crippen molar-refractivity contribution in [2.75, 3.05) is 27.1 Å². The molecule has 0 unspecified atom stereocenters. The first-order valence-electron chi connectivity index (χ1n) is 12.0. The minimum Gasteiger partial charge on any atom is -0.860 e. The molecule has 2 aliphatic rings. The molecule has 0 spiro atoms. The highest BCUT2D eigenvalue weighted by Gasteiger charge is 2.28. The summed E-state index contributed by atoms with van der Waals surface area (Å²) in [5.74, 6) is 2.42. The number of hydrogen-bond donors (Lipinski definition) is 0. The average Bonchev–Trinajstić information content (AvgIpc) is 3.37. The van der Waals surface area contributed by atoms with Crippen LogP contribution in [0.25, 0.3) is 22.0 Å². The van der Waals surface area contributed by atoms with E-state index in [9.17, 15) is 5.11 Å². The molecule has 0 atom stereocenters. The quantitative estimate of drug-likeness (QED) is 0.229. The molecule has 36 heavy (non-hydrogen) atoms. The van der Waals surface area contributed by atoms with Crippen LogP contribution in [0.5, 0.6) is 23.0 Å². The van der Waals surface area contributed by atoms with E-state index in [0.717, 1.165) is 58.5 Å². The van der Waals surface area contributed by atoms with Gasteiger partial charge in [-0.15, -0.1) is 0 Å². The van der Waals surface area contributed by atoms with Crippen LogP contribution in [0.4, 0.5) is 0 Å². The fraction of sp³-hybridized carbons (Fsp3) is 0.241. The number of rotatable bonds is 7. The third-order valence-electron chi connectivity index (χ3n) is 6.67. The summed E-state index contributed by atoms with van der Waals surface area (Å²) in [6, 6.07) is 20.2. The van der Waals surface area contributed by atoms with Crippen molar-refractivity contribution in [2.45, 2.75) is 19.4 Å². The zero-order valence-electron chi connectivity index (χ0n) is 20.0. The van der Waals surface area contributed by atoms with Gasteiger partial charge >= 0.3 is 0 Å². The number of nitrogens with zero attached hydrogens (tertiary/aromatic N) is 2. The van der Waals surface area contributed by atoms with E-state index < -0.39 is 0 Å². The summed E-state index contributed by atoms with van der Waals surface area (Å²) in [5.41, 5.74) is 4.63. The molecule has 3 heterocycles. The van der Waals surface area contributed by atoms with Crippen LogP contribution < -0.4 is 28.6 Å². The molecule has 3 aromatic carbocycles. The number of methoxy groups -OCH3 is 1. The SMILES string of the molecule is COc1ccc2cc3[n+](cc2c1OCC([O-])=NCCc1ccccc1)CCc1cc2c(cc1-3)OCO2. The molecule has 0 saturated heterocycles. The van der Waals surface area contributed by atoms with Crippen molar-refractivity contribution >= 4 is 16.7 Å². The van der Waals surface area contributed by atoms with Crippen LogP contribution in [0.15, 0.2) is 71.9 Å². The largest absolute Gasteiger partial charge is 0.860 e. The van der Waals surface area contributed by atoms with Crippen LogP contribution in [0.1, 0.15) is 11.1 Å². The lowest BCUT2D eigenvalue weighted by Crippen LogP contribution is -2.40. The van der Waals surface area contributed by atoms with Gasteiger partial charge in [0.05, 0.1) is 18.1 Å². The molecule has 0 aliphatic carbocycles. The van der Waals surface area contributed by atoms with Crippen LogP contribution in [-0.2, 0) is 19.4 Å². The molecular weight excluding hydrogens is 456 g/mol. The molecule has 4 aromatic rings. The molecule has 7 heteroatoms. The molecule has 0 N–H and O–H groups in total. The van der Waals surface area contributed by atoms with Crippen molar-refractivity contribution in [3.05, 3.63) is 78.0 Å². The van der Waals surface area contributed by atoms with Gasteiger partial charge in [-0.05, 0) is 53.1 Å². The van der Waals surface area contributed by atoms with Gasteiger partial charge in [0.25, 0.3) is 0 Å². The molecule has 0 bridgehead atoms. The summed E-state index contributed by atoms with van der Waals surface area (Å²) >= 11 is 0. The molecule has 2 aliphatic heterocycles. The first kappa shape index (κ1) is 22.2. The number of aliphatic imine (C=N–C) groups is 1.